The van der Waals surface area contributed by atoms with Crippen LogP contribution in [0, 0.1) is 0 Å². The number of hydrogen-bond donors (Lipinski definition) is 0. The van der Waals surface area contributed by atoms with E-state index in [1.165, 1.54) is 24.0 Å². The molecule has 0 aromatic rings. The quantitative estimate of drug-likeness (QED) is 0.290. The standard InChI is InChI=1S/C15H16N2O6S3/c1-5-16-10(18)7(11(19)17(6-2)15(16)24)14-25-8(12(20)22-3)9(26-14)13(21)23-4/h5-6H2,1-4H3. The highest BCUT2D eigenvalue weighted by Crippen LogP contribution is 2.52. The second kappa shape index (κ2) is 8.23. The lowest BCUT2D eigenvalue weighted by Crippen LogP contribution is -2.56. The summed E-state index contributed by atoms with van der Waals surface area (Å²) in [6, 6.07) is 0. The van der Waals surface area contributed by atoms with Gasteiger partial charge in [0.1, 0.15) is 15.4 Å². The Morgan fingerprint density at radius 3 is 1.62 bits per heavy atom. The van der Waals surface area contributed by atoms with Crippen LogP contribution in [0.2, 0.25) is 0 Å². The van der Waals surface area contributed by atoms with Crippen LogP contribution in [-0.2, 0) is 28.7 Å². The first-order chi connectivity index (χ1) is 12.3. The zero-order valence-corrected chi connectivity index (χ0v) is 16.9. The molecule has 0 atom stereocenters. The summed E-state index contributed by atoms with van der Waals surface area (Å²) in [5, 5.41) is 0.136. The van der Waals surface area contributed by atoms with E-state index in [2.05, 4.69) is 9.47 Å². The number of hydrogen-bond acceptors (Lipinski definition) is 9. The average molecular weight is 417 g/mol. The second-order valence-electron chi connectivity index (χ2n) is 4.89. The van der Waals surface area contributed by atoms with E-state index in [1.54, 1.807) is 13.8 Å². The minimum absolute atomic E-state index is 0.0216. The second-order valence-corrected chi connectivity index (χ2v) is 7.55. The van der Waals surface area contributed by atoms with Crippen molar-refractivity contribution >= 4 is 64.6 Å². The van der Waals surface area contributed by atoms with E-state index in [9.17, 15) is 19.2 Å². The molecule has 0 aliphatic carbocycles. The van der Waals surface area contributed by atoms with Crippen molar-refractivity contribution in [2.24, 2.45) is 0 Å². The van der Waals surface area contributed by atoms with E-state index >= 15 is 0 Å². The van der Waals surface area contributed by atoms with Crippen molar-refractivity contribution in [3.8, 4) is 0 Å². The number of ether oxygens (including phenoxy) is 2. The first kappa shape index (κ1) is 20.5. The summed E-state index contributed by atoms with van der Waals surface area (Å²) in [6.45, 7) is 4.05. The van der Waals surface area contributed by atoms with Crippen molar-refractivity contribution in [1.82, 2.24) is 9.80 Å². The van der Waals surface area contributed by atoms with Crippen molar-refractivity contribution < 1.29 is 28.7 Å². The van der Waals surface area contributed by atoms with Gasteiger partial charge in [-0.15, -0.1) is 0 Å². The van der Waals surface area contributed by atoms with Crippen molar-refractivity contribution in [3.05, 3.63) is 19.6 Å². The molecule has 0 spiro atoms. The molecule has 0 radical (unpaired) electrons. The highest BCUT2D eigenvalue weighted by molar-refractivity contribution is 8.29. The molecule has 2 rings (SSSR count). The third-order valence-electron chi connectivity index (χ3n) is 3.55. The summed E-state index contributed by atoms with van der Waals surface area (Å²) in [5.41, 5.74) is -0.127. The first-order valence-corrected chi connectivity index (χ1v) is 9.54. The van der Waals surface area contributed by atoms with Crippen LogP contribution in [0.4, 0.5) is 0 Å². The lowest BCUT2D eigenvalue weighted by Gasteiger charge is -2.35. The smallest absolute Gasteiger partial charge is 0.346 e. The summed E-state index contributed by atoms with van der Waals surface area (Å²) < 4.78 is 9.58. The molecule has 0 aromatic carbocycles. The van der Waals surface area contributed by atoms with Crippen LogP contribution in [0.1, 0.15) is 13.8 Å². The largest absolute Gasteiger partial charge is 0.465 e. The van der Waals surface area contributed by atoms with E-state index in [-0.39, 0.29) is 37.8 Å². The Morgan fingerprint density at radius 2 is 1.31 bits per heavy atom. The SMILES string of the molecule is CCN1C(=O)C(=C2SC(C(=O)OC)=C(C(=O)OC)S2)C(=O)N(CC)C1=S. The maximum absolute atomic E-state index is 12.8. The highest BCUT2D eigenvalue weighted by Gasteiger charge is 2.43. The van der Waals surface area contributed by atoms with Gasteiger partial charge in [-0.1, -0.05) is 23.5 Å². The third kappa shape index (κ3) is 3.38. The molecule has 2 aliphatic heterocycles. The van der Waals surface area contributed by atoms with Gasteiger partial charge in [-0.05, 0) is 26.1 Å². The first-order valence-electron chi connectivity index (χ1n) is 7.50. The Morgan fingerprint density at radius 1 is 0.923 bits per heavy atom. The molecule has 11 heteroatoms. The number of methoxy groups -OCH3 is 2. The average Bonchev–Trinajstić information content (AvgIpc) is 3.06. The minimum Gasteiger partial charge on any atom is -0.465 e. The van der Waals surface area contributed by atoms with E-state index in [1.807, 2.05) is 0 Å². The molecule has 0 saturated carbocycles. The third-order valence-corrected chi connectivity index (χ3v) is 6.55. The molecule has 140 valence electrons. The Kier molecular flexibility index (Phi) is 6.48. The number of thioether (sulfide) groups is 2. The Balaban J connectivity index is 2.54. The Hall–Kier alpha value is -1.85. The van der Waals surface area contributed by atoms with Gasteiger partial charge in [-0.25, -0.2) is 9.59 Å². The van der Waals surface area contributed by atoms with Crippen molar-refractivity contribution in [3.63, 3.8) is 0 Å². The fourth-order valence-electron chi connectivity index (χ4n) is 2.27. The number of thiocarbonyl (C=S) groups is 1. The molecule has 0 aromatic heterocycles. The van der Waals surface area contributed by atoms with Crippen LogP contribution < -0.4 is 0 Å². The molecule has 1 saturated heterocycles. The van der Waals surface area contributed by atoms with E-state index in [0.29, 0.717) is 0 Å². The summed E-state index contributed by atoms with van der Waals surface area (Å²) in [7, 11) is 2.35. The molecular formula is C15H16N2O6S3. The monoisotopic (exact) mass is 416 g/mol. The molecular weight excluding hydrogens is 400 g/mol. The molecule has 2 aliphatic rings. The number of amides is 2. The minimum atomic E-state index is -0.746. The van der Waals surface area contributed by atoms with Gasteiger partial charge in [-0.2, -0.15) is 0 Å². The van der Waals surface area contributed by atoms with Gasteiger partial charge in [0.25, 0.3) is 11.8 Å². The molecule has 0 N–H and O–H groups in total. The summed E-state index contributed by atoms with van der Waals surface area (Å²) in [6.07, 6.45) is 0. The molecule has 1 fully saturated rings. The number of esters is 2. The summed E-state index contributed by atoms with van der Waals surface area (Å²) in [4.78, 5) is 52.1. The zero-order chi connectivity index (χ0) is 19.6. The maximum atomic E-state index is 12.8. The van der Waals surface area contributed by atoms with Crippen LogP contribution in [-0.4, -0.2) is 66.0 Å². The van der Waals surface area contributed by atoms with Crippen molar-refractivity contribution in [2.75, 3.05) is 27.3 Å². The predicted octanol–water partition coefficient (Wildman–Crippen LogP) is 1.23. The molecule has 26 heavy (non-hydrogen) atoms. The maximum Gasteiger partial charge on any atom is 0.346 e. The van der Waals surface area contributed by atoms with Crippen LogP contribution in [0.25, 0.3) is 0 Å². The number of nitrogens with zero attached hydrogens (tertiary/aromatic N) is 2. The summed E-state index contributed by atoms with van der Waals surface area (Å²) >= 11 is 6.90. The van der Waals surface area contributed by atoms with E-state index < -0.39 is 23.8 Å². The van der Waals surface area contributed by atoms with Crippen molar-refractivity contribution in [2.45, 2.75) is 13.8 Å². The van der Waals surface area contributed by atoms with Gasteiger partial charge in [0.15, 0.2) is 5.11 Å². The van der Waals surface area contributed by atoms with Gasteiger partial charge < -0.3 is 9.47 Å². The fraction of sp³-hybridized carbons (Fsp3) is 0.400. The molecule has 0 bridgehead atoms. The molecule has 2 heterocycles. The van der Waals surface area contributed by atoms with E-state index in [0.717, 1.165) is 23.5 Å². The zero-order valence-electron chi connectivity index (χ0n) is 14.5. The number of carbonyl (C=O) groups is 4. The molecule has 2 amide bonds. The van der Waals surface area contributed by atoms with Crippen LogP contribution >= 0.6 is 35.7 Å². The number of likely N-dealkylation sites (N-methyl/N-ethyl adjacent to an activating group) is 2. The van der Waals surface area contributed by atoms with Crippen LogP contribution in [0.5, 0.6) is 0 Å². The highest BCUT2D eigenvalue weighted by atomic mass is 32.2. The van der Waals surface area contributed by atoms with Gasteiger partial charge in [-0.3, -0.25) is 19.4 Å². The molecule has 8 nitrogen and oxygen atoms in total. The van der Waals surface area contributed by atoms with Crippen LogP contribution in [0.3, 0.4) is 0 Å². The lowest BCUT2D eigenvalue weighted by atomic mass is 10.2. The lowest BCUT2D eigenvalue weighted by molar-refractivity contribution is -0.138. The van der Waals surface area contributed by atoms with Gasteiger partial charge >= 0.3 is 11.9 Å². The topological polar surface area (TPSA) is 93.2 Å². The van der Waals surface area contributed by atoms with Crippen LogP contribution in [0.15, 0.2) is 19.6 Å². The summed E-state index contributed by atoms with van der Waals surface area (Å²) in [5.74, 6) is -2.61. The van der Waals surface area contributed by atoms with E-state index in [4.69, 9.17) is 12.2 Å². The number of rotatable bonds is 4. The Labute approximate surface area is 163 Å². The number of carbonyl (C=O) groups excluding carboxylic acids is 4. The van der Waals surface area contributed by atoms with Gasteiger partial charge in [0.2, 0.25) is 0 Å². The Bertz CT molecular complexity index is 715. The fourth-order valence-corrected chi connectivity index (χ4v) is 5.22. The van der Waals surface area contributed by atoms with Gasteiger partial charge in [0, 0.05) is 13.1 Å². The predicted molar refractivity (Wildman–Crippen MR) is 101 cm³/mol. The normalized spacial score (nSPS) is 18.1. The molecule has 0 unspecified atom stereocenters. The van der Waals surface area contributed by atoms with Crippen molar-refractivity contribution in [1.29, 1.82) is 0 Å². The van der Waals surface area contributed by atoms with Gasteiger partial charge in [0.05, 0.1) is 18.5 Å².